The molecule has 6 nitrogen and oxygen atoms in total. The highest BCUT2D eigenvalue weighted by Crippen LogP contribution is 2.15. The number of aliphatic imine (C=N–C) groups is 1. The number of rotatable bonds is 11. The van der Waals surface area contributed by atoms with Crippen molar-refractivity contribution in [2.24, 2.45) is 16.8 Å². The van der Waals surface area contributed by atoms with E-state index in [1.165, 1.54) is 0 Å². The van der Waals surface area contributed by atoms with Crippen LogP contribution in [0.15, 0.2) is 29.3 Å². The zero-order chi connectivity index (χ0) is 20.1. The van der Waals surface area contributed by atoms with E-state index in [-0.39, 0.29) is 36.5 Å². The van der Waals surface area contributed by atoms with Crippen molar-refractivity contribution in [1.82, 2.24) is 16.0 Å². The minimum Gasteiger partial charge on any atom is -0.396 e. The lowest BCUT2D eigenvalue weighted by atomic mass is 9.94. The molecule has 160 valence electrons. The van der Waals surface area contributed by atoms with Crippen molar-refractivity contribution >= 4 is 47.4 Å². The van der Waals surface area contributed by atoms with Crippen LogP contribution in [0.25, 0.3) is 0 Å². The van der Waals surface area contributed by atoms with Crippen molar-refractivity contribution in [2.75, 3.05) is 32.8 Å². The maximum atomic E-state index is 12.1. The van der Waals surface area contributed by atoms with Crippen LogP contribution in [0, 0.1) is 11.8 Å². The number of guanidine groups is 1. The zero-order valence-electron chi connectivity index (χ0n) is 17.0. The number of benzene rings is 1. The van der Waals surface area contributed by atoms with Gasteiger partial charge in [0.15, 0.2) is 5.96 Å². The quantitative estimate of drug-likeness (QED) is 0.155. The Morgan fingerprint density at radius 2 is 1.79 bits per heavy atom. The SMILES string of the molecule is CCNC(=NCC(CCO)CC(C)C)NCCNC(=O)c1ccc(Cl)cc1.I. The summed E-state index contributed by atoms with van der Waals surface area (Å²) in [6.07, 6.45) is 1.80. The number of nitrogens with zero attached hydrogens (tertiary/aromatic N) is 1. The molecule has 0 aliphatic heterocycles. The third kappa shape index (κ3) is 11.7. The Morgan fingerprint density at radius 3 is 2.36 bits per heavy atom. The van der Waals surface area contributed by atoms with E-state index in [0.29, 0.717) is 42.1 Å². The van der Waals surface area contributed by atoms with Gasteiger partial charge in [0.2, 0.25) is 0 Å². The van der Waals surface area contributed by atoms with Crippen LogP contribution in [0.3, 0.4) is 0 Å². The van der Waals surface area contributed by atoms with E-state index in [4.69, 9.17) is 11.6 Å². The van der Waals surface area contributed by atoms with Crippen molar-refractivity contribution in [1.29, 1.82) is 0 Å². The van der Waals surface area contributed by atoms with E-state index in [2.05, 4.69) is 34.8 Å². The van der Waals surface area contributed by atoms with Gasteiger partial charge in [-0.25, -0.2) is 0 Å². The number of aliphatic hydroxyl groups is 1. The molecule has 1 amide bonds. The van der Waals surface area contributed by atoms with Gasteiger partial charge in [0.25, 0.3) is 5.91 Å². The lowest BCUT2D eigenvalue weighted by Gasteiger charge is -2.17. The maximum Gasteiger partial charge on any atom is 0.251 e. The van der Waals surface area contributed by atoms with Gasteiger partial charge in [0.1, 0.15) is 0 Å². The minimum atomic E-state index is -0.129. The molecule has 1 aromatic rings. The predicted molar refractivity (Wildman–Crippen MR) is 128 cm³/mol. The molecule has 4 N–H and O–H groups in total. The van der Waals surface area contributed by atoms with Crippen molar-refractivity contribution < 1.29 is 9.90 Å². The normalized spacial score (nSPS) is 12.3. The Morgan fingerprint density at radius 1 is 1.14 bits per heavy atom. The van der Waals surface area contributed by atoms with Gasteiger partial charge in [-0.05, 0) is 55.9 Å². The van der Waals surface area contributed by atoms with Crippen LogP contribution < -0.4 is 16.0 Å². The Kier molecular flexibility index (Phi) is 15.2. The maximum absolute atomic E-state index is 12.1. The Labute approximate surface area is 190 Å². The smallest absolute Gasteiger partial charge is 0.251 e. The monoisotopic (exact) mass is 524 g/mol. The van der Waals surface area contributed by atoms with E-state index in [9.17, 15) is 9.90 Å². The van der Waals surface area contributed by atoms with Crippen LogP contribution in [0.5, 0.6) is 0 Å². The summed E-state index contributed by atoms with van der Waals surface area (Å²) in [6.45, 7) is 9.05. The second-order valence-electron chi connectivity index (χ2n) is 6.92. The van der Waals surface area contributed by atoms with E-state index in [0.717, 1.165) is 25.3 Å². The van der Waals surface area contributed by atoms with E-state index in [1.54, 1.807) is 24.3 Å². The Bertz CT molecular complexity index is 582. The summed E-state index contributed by atoms with van der Waals surface area (Å²) in [4.78, 5) is 16.7. The molecule has 0 aliphatic carbocycles. The highest BCUT2D eigenvalue weighted by molar-refractivity contribution is 14.0. The molecule has 0 fully saturated rings. The third-order valence-corrected chi connectivity index (χ3v) is 4.26. The second-order valence-corrected chi connectivity index (χ2v) is 7.35. The highest BCUT2D eigenvalue weighted by Gasteiger charge is 2.11. The summed E-state index contributed by atoms with van der Waals surface area (Å²) in [6, 6.07) is 6.80. The zero-order valence-corrected chi connectivity index (χ0v) is 20.1. The van der Waals surface area contributed by atoms with Gasteiger partial charge in [-0.1, -0.05) is 25.4 Å². The van der Waals surface area contributed by atoms with Crippen LogP contribution in [0.1, 0.15) is 44.0 Å². The molecule has 28 heavy (non-hydrogen) atoms. The summed E-state index contributed by atoms with van der Waals surface area (Å²) in [5.74, 6) is 1.55. The minimum absolute atomic E-state index is 0. The molecule has 0 saturated heterocycles. The van der Waals surface area contributed by atoms with Crippen LogP contribution >= 0.6 is 35.6 Å². The third-order valence-electron chi connectivity index (χ3n) is 4.00. The molecule has 0 aromatic heterocycles. The summed E-state index contributed by atoms with van der Waals surface area (Å²) in [5.41, 5.74) is 0.584. The first-order valence-corrected chi connectivity index (χ1v) is 10.0. The fraction of sp³-hybridized carbons (Fsp3) is 0.600. The van der Waals surface area contributed by atoms with Gasteiger partial charge in [0, 0.05) is 43.4 Å². The van der Waals surface area contributed by atoms with Gasteiger partial charge < -0.3 is 21.1 Å². The van der Waals surface area contributed by atoms with Crippen molar-refractivity contribution in [3.63, 3.8) is 0 Å². The number of nitrogens with one attached hydrogen (secondary N) is 3. The lowest BCUT2D eigenvalue weighted by molar-refractivity contribution is 0.0954. The molecule has 0 aliphatic rings. The average Bonchev–Trinajstić information content (AvgIpc) is 2.63. The average molecular weight is 525 g/mol. The van der Waals surface area contributed by atoms with Crippen molar-refractivity contribution in [3.8, 4) is 0 Å². The molecule has 0 heterocycles. The van der Waals surface area contributed by atoms with E-state index >= 15 is 0 Å². The number of carbonyl (C=O) groups excluding carboxylic acids is 1. The molecule has 1 unspecified atom stereocenters. The molecule has 0 radical (unpaired) electrons. The topological polar surface area (TPSA) is 85.8 Å². The summed E-state index contributed by atoms with van der Waals surface area (Å²) >= 11 is 5.83. The molecule has 0 spiro atoms. The fourth-order valence-electron chi connectivity index (χ4n) is 2.76. The first-order valence-electron chi connectivity index (χ1n) is 9.63. The fourth-order valence-corrected chi connectivity index (χ4v) is 2.88. The van der Waals surface area contributed by atoms with Gasteiger partial charge in [0.05, 0.1) is 0 Å². The molecular formula is C20H34ClIN4O2. The molecule has 1 atom stereocenters. The highest BCUT2D eigenvalue weighted by atomic mass is 127. The van der Waals surface area contributed by atoms with Crippen molar-refractivity contribution in [2.45, 2.75) is 33.6 Å². The van der Waals surface area contributed by atoms with Gasteiger partial charge >= 0.3 is 0 Å². The molecule has 1 rings (SSSR count). The summed E-state index contributed by atoms with van der Waals surface area (Å²) < 4.78 is 0. The summed E-state index contributed by atoms with van der Waals surface area (Å²) in [5, 5.41) is 19.1. The number of aliphatic hydroxyl groups excluding tert-OH is 1. The largest absolute Gasteiger partial charge is 0.396 e. The van der Waals surface area contributed by atoms with Crippen LogP contribution in [-0.2, 0) is 0 Å². The summed E-state index contributed by atoms with van der Waals surface area (Å²) in [7, 11) is 0. The number of halogens is 2. The number of carbonyl (C=O) groups is 1. The van der Waals surface area contributed by atoms with Crippen LogP contribution in [0.4, 0.5) is 0 Å². The lowest BCUT2D eigenvalue weighted by Crippen LogP contribution is -2.41. The van der Waals surface area contributed by atoms with Crippen LogP contribution in [-0.4, -0.2) is 49.8 Å². The molecule has 0 bridgehead atoms. The first kappa shape index (κ1) is 26.9. The van der Waals surface area contributed by atoms with Gasteiger partial charge in [-0.15, -0.1) is 24.0 Å². The molecule has 8 heteroatoms. The van der Waals surface area contributed by atoms with Gasteiger partial charge in [-0.3, -0.25) is 9.79 Å². The molecule has 0 saturated carbocycles. The number of hydrogen-bond donors (Lipinski definition) is 4. The van der Waals surface area contributed by atoms with Crippen molar-refractivity contribution in [3.05, 3.63) is 34.9 Å². The van der Waals surface area contributed by atoms with Crippen LogP contribution in [0.2, 0.25) is 5.02 Å². The Balaban J connectivity index is 0.00000729. The molecule has 1 aromatic carbocycles. The Hall–Kier alpha value is -1.06. The standard InChI is InChI=1S/C20H33ClN4O2.HI/c1-4-22-20(25-14-16(9-12-26)13-15(2)3)24-11-10-23-19(27)17-5-7-18(21)8-6-17;/h5-8,15-16,26H,4,9-14H2,1-3H3,(H,23,27)(H2,22,24,25);1H. The van der Waals surface area contributed by atoms with Gasteiger partial charge in [-0.2, -0.15) is 0 Å². The van der Waals surface area contributed by atoms with E-state index < -0.39 is 0 Å². The number of amides is 1. The second kappa shape index (κ2) is 15.8. The van der Waals surface area contributed by atoms with E-state index in [1.807, 2.05) is 6.92 Å². The molecular weight excluding hydrogens is 491 g/mol. The first-order chi connectivity index (χ1) is 13.0. The predicted octanol–water partition coefficient (Wildman–Crippen LogP) is 3.29. The number of hydrogen-bond acceptors (Lipinski definition) is 3.